The van der Waals surface area contributed by atoms with E-state index in [0.717, 1.165) is 31.4 Å². The summed E-state index contributed by atoms with van der Waals surface area (Å²) < 4.78 is 47.5. The van der Waals surface area contributed by atoms with Crippen molar-refractivity contribution >= 4 is 28.2 Å². The molecular weight excluding hydrogens is 545 g/mol. The summed E-state index contributed by atoms with van der Waals surface area (Å²) in [6.07, 6.45) is -0.299. The monoisotopic (exact) mass is 580 g/mol. The topological polar surface area (TPSA) is 74.9 Å². The van der Waals surface area contributed by atoms with E-state index >= 15 is 0 Å². The predicted octanol–water partition coefficient (Wildman–Crippen LogP) is 5.57. The second-order valence-corrected chi connectivity index (χ2v) is 10.5. The standard InChI is InChI=1S/C31H35F3N6O2/c1-35-20-42-29-17-21(30(41)36-2)10-15-27(29)37-16-6-7-24-18-25-26(38-22-11-13-23(14-12-22)39(3)4)8-5-9-28(25)40(24)19-31(32,33)34/h5,8-10,15,17-18,22-23,37-38H,11-14,16,19-20H2,2-4H3,(H,36,41). The van der Waals surface area contributed by atoms with Crippen molar-refractivity contribution in [1.82, 2.24) is 14.8 Å². The number of rotatable bonds is 9. The number of alkyl halides is 3. The highest BCUT2D eigenvalue weighted by Crippen LogP contribution is 2.32. The molecule has 1 aliphatic carbocycles. The number of nitrogens with zero attached hydrogens (tertiary/aromatic N) is 3. The van der Waals surface area contributed by atoms with Crippen LogP contribution in [0, 0.1) is 18.4 Å². The highest BCUT2D eigenvalue weighted by atomic mass is 19.4. The Hall–Kier alpha value is -4.35. The van der Waals surface area contributed by atoms with Crippen LogP contribution in [0.3, 0.4) is 0 Å². The third kappa shape index (κ3) is 7.68. The normalized spacial score (nSPS) is 16.8. The summed E-state index contributed by atoms with van der Waals surface area (Å²) in [6, 6.07) is 12.6. The van der Waals surface area contributed by atoms with Gasteiger partial charge >= 0.3 is 12.9 Å². The van der Waals surface area contributed by atoms with Crippen LogP contribution in [-0.2, 0) is 6.54 Å². The number of nitrogens with one attached hydrogen (secondary N) is 3. The van der Waals surface area contributed by atoms with Crippen LogP contribution in [0.15, 0.2) is 42.5 Å². The molecular formula is C31H35F3N6O2. The van der Waals surface area contributed by atoms with Crippen molar-refractivity contribution in [2.75, 3.05) is 45.1 Å². The van der Waals surface area contributed by atoms with Gasteiger partial charge in [0.1, 0.15) is 6.54 Å². The van der Waals surface area contributed by atoms with Crippen molar-refractivity contribution in [2.45, 2.75) is 50.5 Å². The number of carbonyl (C=O) groups excluding carboxylic acids is 1. The maximum Gasteiger partial charge on any atom is 0.406 e. The molecule has 1 amide bonds. The number of benzene rings is 2. The van der Waals surface area contributed by atoms with E-state index in [9.17, 15) is 18.0 Å². The summed E-state index contributed by atoms with van der Waals surface area (Å²) in [5.41, 5.74) is 2.40. The van der Waals surface area contributed by atoms with E-state index in [0.29, 0.717) is 33.9 Å². The number of hydrogen-bond donors (Lipinski definition) is 3. The molecule has 4 rings (SSSR count). The van der Waals surface area contributed by atoms with Gasteiger partial charge in [0, 0.05) is 35.8 Å². The van der Waals surface area contributed by atoms with Gasteiger partial charge in [0.15, 0.2) is 5.75 Å². The lowest BCUT2D eigenvalue weighted by Gasteiger charge is -2.33. The fourth-order valence-corrected chi connectivity index (χ4v) is 5.27. The van der Waals surface area contributed by atoms with E-state index in [2.05, 4.69) is 51.6 Å². The predicted molar refractivity (Wildman–Crippen MR) is 159 cm³/mol. The molecule has 42 heavy (non-hydrogen) atoms. The number of amides is 1. The molecule has 1 aromatic heterocycles. The first kappa shape index (κ1) is 30.6. The lowest BCUT2D eigenvalue weighted by molar-refractivity contribution is -0.140. The summed E-state index contributed by atoms with van der Waals surface area (Å²) in [6.45, 7) is 5.70. The summed E-state index contributed by atoms with van der Waals surface area (Å²) in [7, 11) is 5.69. The van der Waals surface area contributed by atoms with Gasteiger partial charge in [-0.25, -0.2) is 6.57 Å². The Kier molecular flexibility index (Phi) is 9.87. The van der Waals surface area contributed by atoms with Crippen molar-refractivity contribution in [2.24, 2.45) is 0 Å². The van der Waals surface area contributed by atoms with Crippen LogP contribution < -0.4 is 20.7 Å². The lowest BCUT2D eigenvalue weighted by atomic mass is 9.90. The van der Waals surface area contributed by atoms with E-state index in [1.807, 2.05) is 6.07 Å². The van der Waals surface area contributed by atoms with E-state index < -0.39 is 12.7 Å². The van der Waals surface area contributed by atoms with Crippen LogP contribution in [-0.4, -0.2) is 68.1 Å². The zero-order chi connectivity index (χ0) is 30.3. The molecule has 0 bridgehead atoms. The Morgan fingerprint density at radius 3 is 2.57 bits per heavy atom. The van der Waals surface area contributed by atoms with Crippen molar-refractivity contribution < 1.29 is 22.7 Å². The Balaban J connectivity index is 1.56. The molecule has 2 aromatic carbocycles. The number of ether oxygens (including phenoxy) is 1. The van der Waals surface area contributed by atoms with Crippen LogP contribution in [0.1, 0.15) is 41.7 Å². The second kappa shape index (κ2) is 13.5. The van der Waals surface area contributed by atoms with E-state index in [4.69, 9.17) is 11.3 Å². The minimum atomic E-state index is -4.42. The number of fused-ring (bicyclic) bond motifs is 1. The van der Waals surface area contributed by atoms with Gasteiger partial charge in [-0.05, 0) is 82.1 Å². The Morgan fingerprint density at radius 1 is 1.14 bits per heavy atom. The molecule has 1 fully saturated rings. The summed E-state index contributed by atoms with van der Waals surface area (Å²) >= 11 is 0. The average molecular weight is 581 g/mol. The molecule has 0 atom stereocenters. The van der Waals surface area contributed by atoms with Crippen molar-refractivity contribution in [1.29, 1.82) is 0 Å². The largest absolute Gasteiger partial charge is 0.424 e. The van der Waals surface area contributed by atoms with Gasteiger partial charge in [-0.2, -0.15) is 13.2 Å². The molecule has 1 aliphatic rings. The second-order valence-electron chi connectivity index (χ2n) is 10.5. The minimum Gasteiger partial charge on any atom is -0.424 e. The first-order valence-corrected chi connectivity index (χ1v) is 13.8. The fourth-order valence-electron chi connectivity index (χ4n) is 5.27. The summed E-state index contributed by atoms with van der Waals surface area (Å²) in [5.74, 6) is 5.82. The Bertz CT molecular complexity index is 1510. The smallest absolute Gasteiger partial charge is 0.406 e. The first-order valence-electron chi connectivity index (χ1n) is 13.8. The van der Waals surface area contributed by atoms with Crippen molar-refractivity contribution in [3.05, 3.63) is 65.1 Å². The van der Waals surface area contributed by atoms with Gasteiger partial charge in [0.2, 0.25) is 0 Å². The van der Waals surface area contributed by atoms with Crippen LogP contribution in [0.5, 0.6) is 5.75 Å². The quantitative estimate of drug-likeness (QED) is 0.228. The zero-order valence-corrected chi connectivity index (χ0v) is 23.9. The molecule has 0 unspecified atom stereocenters. The number of anilines is 2. The van der Waals surface area contributed by atoms with Gasteiger partial charge in [0.05, 0.1) is 23.4 Å². The van der Waals surface area contributed by atoms with Gasteiger partial charge in [-0.15, -0.1) is 0 Å². The van der Waals surface area contributed by atoms with Crippen LogP contribution in [0.25, 0.3) is 15.7 Å². The van der Waals surface area contributed by atoms with Crippen LogP contribution >= 0.6 is 0 Å². The third-order valence-electron chi connectivity index (χ3n) is 7.41. The van der Waals surface area contributed by atoms with Crippen molar-refractivity contribution in [3.8, 4) is 17.6 Å². The van der Waals surface area contributed by atoms with E-state index in [1.54, 1.807) is 30.3 Å². The van der Waals surface area contributed by atoms with Gasteiger partial charge in [-0.1, -0.05) is 12.0 Å². The molecule has 3 N–H and O–H groups in total. The minimum absolute atomic E-state index is 0.0987. The van der Waals surface area contributed by atoms with E-state index in [1.165, 1.54) is 17.7 Å². The van der Waals surface area contributed by atoms with Crippen LogP contribution in [0.2, 0.25) is 0 Å². The molecule has 11 heteroatoms. The molecule has 0 spiro atoms. The Morgan fingerprint density at radius 2 is 1.90 bits per heavy atom. The van der Waals surface area contributed by atoms with Crippen molar-refractivity contribution in [3.63, 3.8) is 0 Å². The number of aromatic nitrogens is 1. The average Bonchev–Trinajstić information content (AvgIpc) is 3.30. The highest BCUT2D eigenvalue weighted by Gasteiger charge is 2.30. The maximum absolute atomic E-state index is 13.6. The molecule has 1 saturated carbocycles. The molecule has 0 radical (unpaired) electrons. The summed E-state index contributed by atoms with van der Waals surface area (Å²) in [5, 5.41) is 9.89. The summed E-state index contributed by atoms with van der Waals surface area (Å²) in [4.78, 5) is 17.4. The number of carbonyl (C=O) groups is 1. The number of halogens is 3. The zero-order valence-electron chi connectivity index (χ0n) is 23.9. The van der Waals surface area contributed by atoms with Gasteiger partial charge in [0.25, 0.3) is 5.91 Å². The van der Waals surface area contributed by atoms with Gasteiger partial charge in [-0.3, -0.25) is 9.64 Å². The van der Waals surface area contributed by atoms with Crippen LogP contribution in [0.4, 0.5) is 24.5 Å². The number of hydrogen-bond acceptors (Lipinski definition) is 5. The molecule has 222 valence electrons. The third-order valence-corrected chi connectivity index (χ3v) is 7.41. The maximum atomic E-state index is 13.6. The molecule has 8 nitrogen and oxygen atoms in total. The van der Waals surface area contributed by atoms with Gasteiger partial charge < -0.3 is 30.2 Å². The highest BCUT2D eigenvalue weighted by molar-refractivity contribution is 5.95. The van der Waals surface area contributed by atoms with E-state index in [-0.39, 0.29) is 30.9 Å². The lowest BCUT2D eigenvalue weighted by Crippen LogP contribution is -2.36. The molecule has 0 saturated heterocycles. The Labute approximate surface area is 244 Å². The first-order chi connectivity index (χ1) is 20.1. The molecule has 1 heterocycles. The molecule has 0 aliphatic heterocycles. The fraction of sp³-hybridized carbons (Fsp3) is 0.419. The molecule has 3 aromatic rings. The SMILES string of the molecule is [C-]#[N+]COc1cc(C(=O)NC)ccc1NCC#Cc1cc2c(NC3CCC(N(C)C)CC3)cccc2n1CC(F)(F)F.